The zero-order chi connectivity index (χ0) is 13.7. The predicted molar refractivity (Wildman–Crippen MR) is 75.2 cm³/mol. The Morgan fingerprint density at radius 2 is 2.32 bits per heavy atom. The first-order valence-corrected chi connectivity index (χ1v) is 8.27. The summed E-state index contributed by atoms with van der Waals surface area (Å²) < 4.78 is 27.1. The van der Waals surface area contributed by atoms with E-state index in [2.05, 4.69) is 15.0 Å². The van der Waals surface area contributed by atoms with E-state index in [1.54, 1.807) is 31.3 Å². The second kappa shape index (κ2) is 6.45. The van der Waals surface area contributed by atoms with Crippen molar-refractivity contribution in [2.24, 2.45) is 0 Å². The van der Waals surface area contributed by atoms with Crippen molar-refractivity contribution in [3.63, 3.8) is 0 Å². The maximum absolute atomic E-state index is 12.2. The Hall–Kier alpha value is -0.980. The molecule has 0 aliphatic carbocycles. The van der Waals surface area contributed by atoms with E-state index in [1.807, 2.05) is 0 Å². The molecule has 0 aromatic carbocycles. The van der Waals surface area contributed by atoms with E-state index >= 15 is 0 Å². The van der Waals surface area contributed by atoms with E-state index in [9.17, 15) is 8.42 Å². The minimum absolute atomic E-state index is 0.249. The Kier molecular flexibility index (Phi) is 4.90. The molecule has 0 spiro atoms. The predicted octanol–water partition coefficient (Wildman–Crippen LogP) is 1.20. The van der Waals surface area contributed by atoms with Gasteiger partial charge in [-0.1, -0.05) is 12.5 Å². The van der Waals surface area contributed by atoms with Gasteiger partial charge in [-0.2, -0.15) is 0 Å². The van der Waals surface area contributed by atoms with Gasteiger partial charge in [0.05, 0.1) is 5.69 Å². The van der Waals surface area contributed by atoms with Crippen LogP contribution in [0.4, 0.5) is 0 Å². The molecule has 0 amide bonds. The fraction of sp³-hybridized carbons (Fsp3) is 0.615. The number of nitrogens with one attached hydrogen (secondary N) is 2. The minimum atomic E-state index is -3.37. The summed E-state index contributed by atoms with van der Waals surface area (Å²) in [5, 5.41) is 2.70. The molecule has 2 N–H and O–H groups in total. The molecule has 1 aromatic heterocycles. The summed E-state index contributed by atoms with van der Waals surface area (Å²) in [5.41, 5.74) is 0.576. The van der Waals surface area contributed by atoms with E-state index in [0.29, 0.717) is 12.2 Å². The van der Waals surface area contributed by atoms with Crippen molar-refractivity contribution in [3.05, 3.63) is 30.1 Å². The number of hydrogen-bond acceptors (Lipinski definition) is 4. The standard InChI is InChI=1S/C13H21N3O2S/c1-11(13-7-3-5-9-15-13)19(17,18)16-10-12-6-2-4-8-14-12/h3,5,7,9,11-12,14,16H,2,4,6,8,10H2,1H3/t11-,12+/m1/s1. The summed E-state index contributed by atoms with van der Waals surface area (Å²) in [6, 6.07) is 5.57. The van der Waals surface area contributed by atoms with Crippen molar-refractivity contribution in [2.45, 2.75) is 37.5 Å². The average molecular weight is 283 g/mol. The van der Waals surface area contributed by atoms with Gasteiger partial charge in [0.1, 0.15) is 5.25 Å². The highest BCUT2D eigenvalue weighted by atomic mass is 32.2. The molecule has 0 saturated carbocycles. The third-order valence-electron chi connectivity index (χ3n) is 3.51. The Labute approximate surface area is 114 Å². The average Bonchev–Trinajstić information content (AvgIpc) is 2.46. The molecule has 1 aliphatic rings. The molecule has 2 heterocycles. The van der Waals surface area contributed by atoms with Crippen LogP contribution in [0, 0.1) is 0 Å². The third-order valence-corrected chi connectivity index (χ3v) is 5.25. The van der Waals surface area contributed by atoms with E-state index < -0.39 is 15.3 Å². The maximum atomic E-state index is 12.2. The molecule has 2 rings (SSSR count). The van der Waals surface area contributed by atoms with Gasteiger partial charge in [-0.25, -0.2) is 13.1 Å². The van der Waals surface area contributed by atoms with Crippen LogP contribution in [0.25, 0.3) is 0 Å². The number of hydrogen-bond donors (Lipinski definition) is 2. The highest BCUT2D eigenvalue weighted by Gasteiger charge is 2.24. The van der Waals surface area contributed by atoms with Gasteiger partial charge in [0, 0.05) is 18.8 Å². The van der Waals surface area contributed by atoms with Crippen molar-refractivity contribution in [3.8, 4) is 0 Å². The van der Waals surface area contributed by atoms with Crippen LogP contribution in [-0.2, 0) is 10.0 Å². The Morgan fingerprint density at radius 1 is 1.47 bits per heavy atom. The second-order valence-electron chi connectivity index (χ2n) is 4.94. The molecule has 5 nitrogen and oxygen atoms in total. The van der Waals surface area contributed by atoms with Gasteiger partial charge in [-0.15, -0.1) is 0 Å². The normalized spacial score (nSPS) is 22.1. The van der Waals surface area contributed by atoms with Gasteiger partial charge >= 0.3 is 0 Å². The lowest BCUT2D eigenvalue weighted by Crippen LogP contribution is -2.44. The smallest absolute Gasteiger partial charge is 0.220 e. The molecule has 6 heteroatoms. The molecule has 106 valence electrons. The Balaban J connectivity index is 1.94. The summed E-state index contributed by atoms with van der Waals surface area (Å²) in [6.45, 7) is 3.10. The van der Waals surface area contributed by atoms with Crippen molar-refractivity contribution < 1.29 is 8.42 Å². The zero-order valence-electron chi connectivity index (χ0n) is 11.2. The van der Waals surface area contributed by atoms with E-state index in [1.165, 1.54) is 6.42 Å². The Bertz CT molecular complexity index is 484. The molecule has 1 aliphatic heterocycles. The van der Waals surface area contributed by atoms with Gasteiger partial charge in [0.15, 0.2) is 0 Å². The molecule has 2 atom stereocenters. The van der Waals surface area contributed by atoms with Crippen LogP contribution in [0.5, 0.6) is 0 Å². The number of aromatic nitrogens is 1. The van der Waals surface area contributed by atoms with Crippen molar-refractivity contribution in [1.82, 2.24) is 15.0 Å². The summed E-state index contributed by atoms with van der Waals surface area (Å²) in [6.07, 6.45) is 4.98. The first kappa shape index (κ1) is 14.4. The number of pyridine rings is 1. The van der Waals surface area contributed by atoms with Crippen LogP contribution >= 0.6 is 0 Å². The van der Waals surface area contributed by atoms with Crippen LogP contribution in [0.3, 0.4) is 0 Å². The van der Waals surface area contributed by atoms with Crippen LogP contribution in [0.15, 0.2) is 24.4 Å². The lowest BCUT2D eigenvalue weighted by molar-refractivity contribution is 0.397. The lowest BCUT2D eigenvalue weighted by Gasteiger charge is -2.24. The fourth-order valence-electron chi connectivity index (χ4n) is 2.22. The number of sulfonamides is 1. The highest BCUT2D eigenvalue weighted by molar-refractivity contribution is 7.89. The second-order valence-corrected chi connectivity index (χ2v) is 7.02. The van der Waals surface area contributed by atoms with E-state index in [-0.39, 0.29) is 6.04 Å². The first-order valence-electron chi connectivity index (χ1n) is 6.72. The van der Waals surface area contributed by atoms with Crippen LogP contribution in [0.1, 0.15) is 37.1 Å². The van der Waals surface area contributed by atoms with E-state index in [4.69, 9.17) is 0 Å². The van der Waals surface area contributed by atoms with Gasteiger partial charge in [0.2, 0.25) is 10.0 Å². The van der Waals surface area contributed by atoms with Crippen LogP contribution in [0.2, 0.25) is 0 Å². The monoisotopic (exact) mass is 283 g/mol. The summed E-state index contributed by atoms with van der Waals surface area (Å²) in [7, 11) is -3.37. The van der Waals surface area contributed by atoms with E-state index in [0.717, 1.165) is 19.4 Å². The topological polar surface area (TPSA) is 71.1 Å². The summed E-state index contributed by atoms with van der Waals surface area (Å²) in [5.74, 6) is 0. The molecule has 1 saturated heterocycles. The molecule has 0 radical (unpaired) electrons. The minimum Gasteiger partial charge on any atom is -0.313 e. The van der Waals surface area contributed by atoms with Crippen LogP contribution in [-0.4, -0.2) is 32.5 Å². The third kappa shape index (κ3) is 3.99. The first-order chi connectivity index (χ1) is 9.09. The molecule has 1 fully saturated rings. The summed E-state index contributed by atoms with van der Waals surface area (Å²) >= 11 is 0. The fourth-order valence-corrected chi connectivity index (χ4v) is 3.36. The Morgan fingerprint density at radius 3 is 2.95 bits per heavy atom. The van der Waals surface area contributed by atoms with Gasteiger partial charge in [0.25, 0.3) is 0 Å². The van der Waals surface area contributed by atoms with Crippen molar-refractivity contribution >= 4 is 10.0 Å². The molecule has 1 aromatic rings. The van der Waals surface area contributed by atoms with Gasteiger partial charge in [-0.3, -0.25) is 4.98 Å². The molecular weight excluding hydrogens is 262 g/mol. The molecule has 19 heavy (non-hydrogen) atoms. The summed E-state index contributed by atoms with van der Waals surface area (Å²) in [4.78, 5) is 4.10. The number of nitrogens with zero attached hydrogens (tertiary/aromatic N) is 1. The van der Waals surface area contributed by atoms with Gasteiger partial charge < -0.3 is 5.32 Å². The molecular formula is C13H21N3O2S. The van der Waals surface area contributed by atoms with Crippen molar-refractivity contribution in [2.75, 3.05) is 13.1 Å². The zero-order valence-corrected chi connectivity index (χ0v) is 12.0. The largest absolute Gasteiger partial charge is 0.313 e. The SMILES string of the molecule is C[C@H](c1ccccn1)S(=O)(=O)NC[C@@H]1CCCCN1. The van der Waals surface area contributed by atoms with Crippen molar-refractivity contribution in [1.29, 1.82) is 0 Å². The number of rotatable bonds is 5. The highest BCUT2D eigenvalue weighted by Crippen LogP contribution is 2.18. The van der Waals surface area contributed by atoms with Gasteiger partial charge in [-0.05, 0) is 38.4 Å². The van der Waals surface area contributed by atoms with Crippen LogP contribution < -0.4 is 10.0 Å². The quantitative estimate of drug-likeness (QED) is 0.852. The molecule has 0 bridgehead atoms. The number of piperidine rings is 1. The lowest BCUT2D eigenvalue weighted by atomic mass is 10.1. The maximum Gasteiger partial charge on any atom is 0.220 e. The molecule has 0 unspecified atom stereocenters.